The lowest BCUT2D eigenvalue weighted by Crippen LogP contribution is -2.36. The molecular weight excluding hydrogens is 372 g/mol. The van der Waals surface area contributed by atoms with E-state index >= 15 is 0 Å². The van der Waals surface area contributed by atoms with Crippen LogP contribution in [0.5, 0.6) is 0 Å². The molecule has 1 N–H and O–H groups in total. The first kappa shape index (κ1) is 18.7. The van der Waals surface area contributed by atoms with Gasteiger partial charge in [0, 0.05) is 19.6 Å². The first-order valence-corrected chi connectivity index (χ1v) is 10.3. The number of nitrogens with zero attached hydrogens (tertiary/aromatic N) is 3. The van der Waals surface area contributed by atoms with Crippen LogP contribution in [0.1, 0.15) is 30.3 Å². The lowest BCUT2D eigenvalue weighted by atomic mass is 9.77. The molecule has 2 fully saturated rings. The first-order chi connectivity index (χ1) is 14.0. The van der Waals surface area contributed by atoms with E-state index in [-0.39, 0.29) is 6.04 Å². The maximum atomic E-state index is 13.5. The molecule has 6 heteroatoms. The topological polar surface area (TPSA) is 41.3 Å². The second-order valence-electron chi connectivity index (χ2n) is 8.59. The van der Waals surface area contributed by atoms with Crippen LogP contribution in [0.3, 0.4) is 0 Å². The van der Waals surface area contributed by atoms with Crippen molar-refractivity contribution in [1.29, 1.82) is 0 Å². The maximum Gasteiger partial charge on any atom is 0.159 e. The van der Waals surface area contributed by atoms with Gasteiger partial charge < -0.3 is 9.67 Å². The summed E-state index contributed by atoms with van der Waals surface area (Å²) in [7, 11) is 0. The molecule has 5 rings (SSSR count). The second-order valence-corrected chi connectivity index (χ2v) is 8.59. The number of hydrogen-bond donors (Lipinski definition) is 1. The summed E-state index contributed by atoms with van der Waals surface area (Å²) in [4.78, 5) is 6.97. The van der Waals surface area contributed by atoms with E-state index in [1.54, 1.807) is 6.07 Å². The van der Waals surface area contributed by atoms with E-state index in [4.69, 9.17) is 0 Å². The summed E-state index contributed by atoms with van der Waals surface area (Å²) < 4.78 is 28.9. The minimum atomic E-state index is -0.808. The van der Waals surface area contributed by atoms with Crippen molar-refractivity contribution in [3.05, 3.63) is 65.5 Å². The number of rotatable bonds is 3. The second kappa shape index (κ2) is 7.18. The number of imidazole rings is 1. The van der Waals surface area contributed by atoms with Gasteiger partial charge in [0.15, 0.2) is 11.6 Å². The number of aromatic nitrogens is 2. The van der Waals surface area contributed by atoms with Crippen LogP contribution in [0.15, 0.2) is 42.5 Å². The molecule has 4 atom stereocenters. The highest BCUT2D eigenvalue weighted by Crippen LogP contribution is 2.43. The van der Waals surface area contributed by atoms with Gasteiger partial charge in [-0.2, -0.15) is 0 Å². The molecular formula is C23H25F2N3O. The highest BCUT2D eigenvalue weighted by atomic mass is 19.2. The summed E-state index contributed by atoms with van der Waals surface area (Å²) in [6.45, 7) is 4.41. The Morgan fingerprint density at radius 2 is 1.79 bits per heavy atom. The minimum Gasteiger partial charge on any atom is -0.391 e. The molecule has 1 saturated carbocycles. The van der Waals surface area contributed by atoms with Crippen molar-refractivity contribution in [3.63, 3.8) is 0 Å². The molecule has 3 aromatic rings. The van der Waals surface area contributed by atoms with E-state index in [1.807, 2.05) is 25.1 Å². The van der Waals surface area contributed by atoms with Gasteiger partial charge in [-0.05, 0) is 61.4 Å². The smallest absolute Gasteiger partial charge is 0.159 e. The van der Waals surface area contributed by atoms with Crippen LogP contribution in [0.25, 0.3) is 11.0 Å². The molecule has 2 aliphatic rings. The summed E-state index contributed by atoms with van der Waals surface area (Å²) in [5.41, 5.74) is 2.82. The zero-order valence-electron chi connectivity index (χ0n) is 16.4. The summed E-state index contributed by atoms with van der Waals surface area (Å²) >= 11 is 0. The summed E-state index contributed by atoms with van der Waals surface area (Å²) in [6, 6.07) is 12.2. The Balaban J connectivity index is 1.35. The first-order valence-electron chi connectivity index (χ1n) is 10.3. The SMILES string of the molecule is Cc1nc2ccccc2n1[C@H]1C[C@H]2CN(Cc3ccc(F)c(F)c3)C[C@H]2C[C@@H]1O. The summed E-state index contributed by atoms with van der Waals surface area (Å²) in [6.07, 6.45) is 1.26. The number of benzene rings is 2. The van der Waals surface area contributed by atoms with Crippen LogP contribution >= 0.6 is 0 Å². The quantitative estimate of drug-likeness (QED) is 0.725. The lowest BCUT2D eigenvalue weighted by Gasteiger charge is -2.36. The Morgan fingerprint density at radius 3 is 2.59 bits per heavy atom. The zero-order chi connectivity index (χ0) is 20.1. The summed E-state index contributed by atoms with van der Waals surface area (Å²) in [5.74, 6) is 0.246. The zero-order valence-corrected chi connectivity index (χ0v) is 16.4. The van der Waals surface area contributed by atoms with E-state index in [9.17, 15) is 13.9 Å². The number of fused-ring (bicyclic) bond motifs is 2. The summed E-state index contributed by atoms with van der Waals surface area (Å²) in [5, 5.41) is 11.0. The molecule has 0 bridgehead atoms. The van der Waals surface area contributed by atoms with Gasteiger partial charge in [0.25, 0.3) is 0 Å². The average Bonchev–Trinajstić information content (AvgIpc) is 3.22. The van der Waals surface area contributed by atoms with Crippen molar-refractivity contribution in [1.82, 2.24) is 14.5 Å². The van der Waals surface area contributed by atoms with Gasteiger partial charge >= 0.3 is 0 Å². The fourth-order valence-electron chi connectivity index (χ4n) is 5.39. The largest absolute Gasteiger partial charge is 0.391 e. The van der Waals surface area contributed by atoms with Gasteiger partial charge in [0.1, 0.15) is 5.82 Å². The number of hydrogen-bond acceptors (Lipinski definition) is 3. The number of halogens is 2. The molecule has 0 unspecified atom stereocenters. The van der Waals surface area contributed by atoms with Crippen molar-refractivity contribution in [2.24, 2.45) is 11.8 Å². The van der Waals surface area contributed by atoms with Crippen LogP contribution in [0, 0.1) is 30.4 Å². The average molecular weight is 397 g/mol. The highest BCUT2D eigenvalue weighted by molar-refractivity contribution is 5.76. The number of likely N-dealkylation sites (tertiary alicyclic amines) is 1. The Bertz CT molecular complexity index is 1050. The van der Waals surface area contributed by atoms with Gasteiger partial charge in [0.05, 0.1) is 23.2 Å². The van der Waals surface area contributed by atoms with Crippen molar-refractivity contribution in [2.75, 3.05) is 13.1 Å². The molecule has 1 aromatic heterocycles. The molecule has 1 saturated heterocycles. The Hall–Kier alpha value is -2.31. The van der Waals surface area contributed by atoms with Crippen LogP contribution in [-0.4, -0.2) is 38.8 Å². The van der Waals surface area contributed by atoms with Crippen molar-refractivity contribution in [2.45, 2.75) is 38.5 Å². The van der Waals surface area contributed by atoms with Gasteiger partial charge in [0.2, 0.25) is 0 Å². The third-order valence-electron chi connectivity index (χ3n) is 6.68. The Labute approximate surface area is 168 Å². The van der Waals surface area contributed by atoms with Gasteiger partial charge in [-0.15, -0.1) is 0 Å². The molecule has 2 heterocycles. The molecule has 1 aliphatic carbocycles. The molecule has 0 amide bonds. The molecule has 1 aliphatic heterocycles. The number of para-hydroxylation sites is 2. The fourth-order valence-corrected chi connectivity index (χ4v) is 5.39. The van der Waals surface area contributed by atoms with Crippen molar-refractivity contribution < 1.29 is 13.9 Å². The Morgan fingerprint density at radius 1 is 1.03 bits per heavy atom. The normalized spacial score (nSPS) is 27.4. The van der Waals surface area contributed by atoms with Crippen LogP contribution in [0.4, 0.5) is 8.78 Å². The van der Waals surface area contributed by atoms with E-state index < -0.39 is 17.7 Å². The van der Waals surface area contributed by atoms with Crippen LogP contribution < -0.4 is 0 Å². The van der Waals surface area contributed by atoms with Gasteiger partial charge in [-0.1, -0.05) is 18.2 Å². The Kier molecular flexibility index (Phi) is 4.63. The molecule has 29 heavy (non-hydrogen) atoms. The van der Waals surface area contributed by atoms with Gasteiger partial charge in [-0.3, -0.25) is 4.90 Å². The monoisotopic (exact) mass is 397 g/mol. The lowest BCUT2D eigenvalue weighted by molar-refractivity contribution is 0.0366. The van der Waals surface area contributed by atoms with E-state index in [2.05, 4.69) is 20.5 Å². The minimum absolute atomic E-state index is 0.0202. The predicted octanol–water partition coefficient (Wildman–Crippen LogP) is 4.07. The molecule has 152 valence electrons. The van der Waals surface area contributed by atoms with Crippen LogP contribution in [0.2, 0.25) is 0 Å². The maximum absolute atomic E-state index is 13.5. The number of aliphatic hydroxyl groups excluding tert-OH is 1. The van der Waals surface area contributed by atoms with E-state index in [1.165, 1.54) is 12.1 Å². The van der Waals surface area contributed by atoms with Crippen LogP contribution in [-0.2, 0) is 6.54 Å². The number of aliphatic hydroxyl groups is 1. The number of aryl methyl sites for hydroxylation is 1. The fraction of sp³-hybridized carbons (Fsp3) is 0.435. The molecule has 4 nitrogen and oxygen atoms in total. The molecule has 0 spiro atoms. The highest BCUT2D eigenvalue weighted by Gasteiger charge is 2.42. The van der Waals surface area contributed by atoms with Crippen molar-refractivity contribution >= 4 is 11.0 Å². The van der Waals surface area contributed by atoms with Crippen molar-refractivity contribution in [3.8, 4) is 0 Å². The predicted molar refractivity (Wildman–Crippen MR) is 107 cm³/mol. The molecule has 0 radical (unpaired) electrons. The van der Waals surface area contributed by atoms with E-state index in [0.29, 0.717) is 18.4 Å². The third kappa shape index (κ3) is 3.34. The van der Waals surface area contributed by atoms with Gasteiger partial charge in [-0.25, -0.2) is 13.8 Å². The molecule has 2 aromatic carbocycles. The standard InChI is InChI=1S/C23H25F2N3O/c1-14-26-20-4-2-3-5-21(20)28(14)22-9-16-12-27(13-17(16)10-23(22)29)11-15-6-7-18(24)19(25)8-15/h2-8,16-17,22-23,29H,9-13H2,1H3/t16-,17+,22-,23-/m0/s1. The van der Waals surface area contributed by atoms with E-state index in [0.717, 1.165) is 48.4 Å². The third-order valence-corrected chi connectivity index (χ3v) is 6.68.